The van der Waals surface area contributed by atoms with Crippen LogP contribution in [0.2, 0.25) is 0 Å². The van der Waals surface area contributed by atoms with E-state index in [4.69, 9.17) is 0 Å². The predicted octanol–water partition coefficient (Wildman–Crippen LogP) is 2.79. The first-order valence-electron chi connectivity index (χ1n) is 9.46. The highest BCUT2D eigenvalue weighted by atomic mass is 19.1. The number of pyridine rings is 1. The lowest BCUT2D eigenvalue weighted by atomic mass is 9.92. The van der Waals surface area contributed by atoms with E-state index in [0.29, 0.717) is 18.9 Å². The summed E-state index contributed by atoms with van der Waals surface area (Å²) in [5.74, 6) is -0.260. The van der Waals surface area contributed by atoms with Crippen molar-refractivity contribution < 1.29 is 9.18 Å². The number of benzene rings is 1. The third-order valence-corrected chi connectivity index (χ3v) is 5.36. The highest BCUT2D eigenvalue weighted by Crippen LogP contribution is 2.29. The van der Waals surface area contributed by atoms with Crippen molar-refractivity contribution >= 4 is 22.5 Å². The summed E-state index contributed by atoms with van der Waals surface area (Å²) < 4.78 is 16.7. The number of nitrogens with one attached hydrogen (secondary N) is 1. The number of fused-ring (bicyclic) bond motifs is 1. The summed E-state index contributed by atoms with van der Waals surface area (Å²) in [4.78, 5) is 19.0. The van der Waals surface area contributed by atoms with Crippen LogP contribution in [-0.2, 0) is 11.8 Å². The van der Waals surface area contributed by atoms with Gasteiger partial charge in [-0.15, -0.1) is 5.10 Å². The van der Waals surface area contributed by atoms with Gasteiger partial charge in [0.15, 0.2) is 5.67 Å². The van der Waals surface area contributed by atoms with Gasteiger partial charge in [-0.1, -0.05) is 24.3 Å². The summed E-state index contributed by atoms with van der Waals surface area (Å²) in [7, 11) is 1.81. The van der Waals surface area contributed by atoms with Gasteiger partial charge in [-0.2, -0.15) is 0 Å². The van der Waals surface area contributed by atoms with Gasteiger partial charge in [-0.25, -0.2) is 9.37 Å². The number of amides is 1. The highest BCUT2D eigenvalue weighted by molar-refractivity contribution is 5.98. The Balaban J connectivity index is 1.54. The van der Waals surface area contributed by atoms with Gasteiger partial charge in [-0.05, 0) is 24.1 Å². The zero-order valence-electron chi connectivity index (χ0n) is 16.0. The van der Waals surface area contributed by atoms with Crippen LogP contribution in [0.4, 0.5) is 10.2 Å². The Kier molecular flexibility index (Phi) is 4.80. The van der Waals surface area contributed by atoms with Gasteiger partial charge in [0.2, 0.25) is 0 Å². The Hall–Kier alpha value is -2.87. The first kappa shape index (κ1) is 18.5. The number of aromatic nitrogens is 4. The summed E-state index contributed by atoms with van der Waals surface area (Å²) in [6.45, 7) is 4.09. The van der Waals surface area contributed by atoms with E-state index < -0.39 is 11.6 Å². The molecule has 0 atom stereocenters. The number of hydrogen-bond donors (Lipinski definition) is 1. The molecule has 1 saturated heterocycles. The van der Waals surface area contributed by atoms with Crippen LogP contribution < -0.4 is 5.32 Å². The molecule has 3 heterocycles. The maximum atomic E-state index is 15.1. The summed E-state index contributed by atoms with van der Waals surface area (Å²) in [6, 6.07) is 7.61. The van der Waals surface area contributed by atoms with Crippen molar-refractivity contribution in [1.29, 1.82) is 0 Å². The average Bonchev–Trinajstić information content (AvgIpc) is 3.14. The average molecular weight is 382 g/mol. The molecule has 8 heteroatoms. The molecular formula is C20H23FN6O. The van der Waals surface area contributed by atoms with Gasteiger partial charge in [0.05, 0.1) is 6.20 Å². The van der Waals surface area contributed by atoms with Crippen LogP contribution >= 0.6 is 0 Å². The Morgan fingerprint density at radius 3 is 2.71 bits per heavy atom. The molecule has 28 heavy (non-hydrogen) atoms. The lowest BCUT2D eigenvalue weighted by Gasteiger charge is -2.34. The zero-order chi connectivity index (χ0) is 19.7. The molecule has 0 unspecified atom stereocenters. The van der Waals surface area contributed by atoms with Crippen LogP contribution in [0.25, 0.3) is 22.0 Å². The fraction of sp³-hybridized carbons (Fsp3) is 0.400. The number of carbonyl (C=O) groups excluding carboxylic acids is 1. The molecule has 0 saturated carbocycles. The molecule has 1 amide bonds. The summed E-state index contributed by atoms with van der Waals surface area (Å²) in [6.07, 6.45) is 3.92. The van der Waals surface area contributed by atoms with E-state index in [1.807, 2.05) is 38.4 Å². The van der Waals surface area contributed by atoms with E-state index in [2.05, 4.69) is 25.5 Å². The predicted molar refractivity (Wildman–Crippen MR) is 106 cm³/mol. The Labute approximate surface area is 162 Å². The second kappa shape index (κ2) is 7.27. The fourth-order valence-electron chi connectivity index (χ4n) is 3.53. The van der Waals surface area contributed by atoms with Crippen LogP contribution in [0.5, 0.6) is 0 Å². The molecule has 0 aliphatic carbocycles. The van der Waals surface area contributed by atoms with Crippen molar-refractivity contribution in [2.45, 2.75) is 25.4 Å². The molecule has 0 spiro atoms. The molecule has 3 aromatic rings. The third-order valence-electron chi connectivity index (χ3n) is 5.36. The van der Waals surface area contributed by atoms with Crippen LogP contribution in [0.15, 0.2) is 36.7 Å². The highest BCUT2D eigenvalue weighted by Gasteiger charge is 2.41. The number of anilines is 1. The largest absolute Gasteiger partial charge is 0.308 e. The normalized spacial score (nSPS) is 17.0. The van der Waals surface area contributed by atoms with Crippen molar-refractivity contribution in [3.8, 4) is 11.3 Å². The van der Waals surface area contributed by atoms with E-state index in [0.717, 1.165) is 28.6 Å². The standard InChI is InChI=1S/C20H23FN6O/c1-3-27-8-6-20(21,7-9-27)19(28)23-18-11-16-10-14(4-5-15(16)12-22-18)17-13-26(2)25-24-17/h4-5,10-13H,3,6-9H2,1-2H3,(H,22,23,28). The Morgan fingerprint density at radius 1 is 1.25 bits per heavy atom. The molecule has 0 bridgehead atoms. The van der Waals surface area contributed by atoms with Crippen molar-refractivity contribution in [2.24, 2.45) is 7.05 Å². The Bertz CT molecular complexity index is 1010. The molecule has 146 valence electrons. The number of rotatable bonds is 4. The van der Waals surface area contributed by atoms with Crippen LogP contribution in [0.1, 0.15) is 19.8 Å². The second-order valence-corrected chi connectivity index (χ2v) is 7.26. The first-order valence-corrected chi connectivity index (χ1v) is 9.46. The van der Waals surface area contributed by atoms with Gasteiger partial charge in [0.25, 0.3) is 5.91 Å². The van der Waals surface area contributed by atoms with E-state index in [1.54, 1.807) is 16.9 Å². The van der Waals surface area contributed by atoms with Crippen molar-refractivity contribution in [1.82, 2.24) is 24.9 Å². The van der Waals surface area contributed by atoms with E-state index in [1.165, 1.54) is 0 Å². The monoisotopic (exact) mass is 382 g/mol. The minimum atomic E-state index is -1.84. The molecule has 1 fully saturated rings. The van der Waals surface area contributed by atoms with Crippen molar-refractivity contribution in [3.63, 3.8) is 0 Å². The molecule has 1 aliphatic heterocycles. The zero-order valence-corrected chi connectivity index (χ0v) is 16.0. The topological polar surface area (TPSA) is 75.9 Å². The number of aryl methyl sites for hydroxylation is 1. The van der Waals surface area contributed by atoms with Gasteiger partial charge < -0.3 is 10.2 Å². The number of piperidine rings is 1. The second-order valence-electron chi connectivity index (χ2n) is 7.26. The molecule has 2 aromatic heterocycles. The van der Waals surface area contributed by atoms with Gasteiger partial charge in [0.1, 0.15) is 11.5 Å². The number of hydrogen-bond acceptors (Lipinski definition) is 5. The van der Waals surface area contributed by atoms with Crippen LogP contribution in [-0.4, -0.2) is 56.1 Å². The lowest BCUT2D eigenvalue weighted by molar-refractivity contribution is -0.130. The van der Waals surface area contributed by atoms with E-state index in [-0.39, 0.29) is 12.8 Å². The lowest BCUT2D eigenvalue weighted by Crippen LogP contribution is -2.48. The number of alkyl halides is 1. The molecule has 1 aromatic carbocycles. The SMILES string of the molecule is CCN1CCC(F)(C(=O)Nc2cc3cc(-c4cn(C)nn4)ccc3cn2)CC1. The maximum absolute atomic E-state index is 15.1. The molecular weight excluding hydrogens is 359 g/mol. The van der Waals surface area contributed by atoms with Crippen LogP contribution in [0, 0.1) is 0 Å². The van der Waals surface area contributed by atoms with Gasteiger partial charge in [-0.3, -0.25) is 9.48 Å². The summed E-state index contributed by atoms with van der Waals surface area (Å²) in [5.41, 5.74) is -0.167. The first-order chi connectivity index (χ1) is 13.5. The van der Waals surface area contributed by atoms with Gasteiger partial charge >= 0.3 is 0 Å². The van der Waals surface area contributed by atoms with Gasteiger partial charge in [0, 0.05) is 50.1 Å². The number of nitrogens with zero attached hydrogens (tertiary/aromatic N) is 5. The molecule has 4 rings (SSSR count). The third kappa shape index (κ3) is 3.60. The number of carbonyl (C=O) groups is 1. The summed E-state index contributed by atoms with van der Waals surface area (Å²) >= 11 is 0. The fourth-order valence-corrected chi connectivity index (χ4v) is 3.53. The minimum Gasteiger partial charge on any atom is -0.308 e. The molecule has 1 aliphatic rings. The van der Waals surface area contributed by atoms with Crippen molar-refractivity contribution in [2.75, 3.05) is 25.0 Å². The Morgan fingerprint density at radius 2 is 2.04 bits per heavy atom. The van der Waals surface area contributed by atoms with Crippen LogP contribution in [0.3, 0.4) is 0 Å². The number of likely N-dealkylation sites (tertiary alicyclic amines) is 1. The quantitative estimate of drug-likeness (QED) is 0.751. The number of halogens is 1. The molecule has 0 radical (unpaired) electrons. The van der Waals surface area contributed by atoms with E-state index in [9.17, 15) is 4.79 Å². The molecule has 7 nitrogen and oxygen atoms in total. The minimum absolute atomic E-state index is 0.205. The van der Waals surface area contributed by atoms with E-state index >= 15 is 4.39 Å². The smallest absolute Gasteiger partial charge is 0.263 e. The molecule has 1 N–H and O–H groups in total. The maximum Gasteiger partial charge on any atom is 0.263 e. The summed E-state index contributed by atoms with van der Waals surface area (Å²) in [5, 5.41) is 12.6. The van der Waals surface area contributed by atoms with Crippen molar-refractivity contribution in [3.05, 3.63) is 36.7 Å².